The molecule has 2 N–H and O–H groups in total. The van der Waals surface area contributed by atoms with Crippen molar-refractivity contribution in [1.29, 1.82) is 0 Å². The Labute approximate surface area is 210 Å². The van der Waals surface area contributed by atoms with Crippen molar-refractivity contribution >= 4 is 20.4 Å². The average molecular weight is 594 g/mol. The highest BCUT2D eigenvalue weighted by atomic mass is 32.3. The van der Waals surface area contributed by atoms with Gasteiger partial charge in [-0.3, -0.25) is 0 Å². The minimum atomic E-state index is -7.51. The van der Waals surface area contributed by atoms with E-state index in [4.69, 9.17) is 0 Å². The molecule has 0 heterocycles. The third kappa shape index (κ3) is 4.64. The third-order valence-electron chi connectivity index (χ3n) is 5.03. The maximum Gasteiger partial charge on any atom is 0.460 e. The van der Waals surface area contributed by atoms with Crippen LogP contribution in [-0.2, 0) is 13.7 Å². The lowest BCUT2D eigenvalue weighted by Crippen LogP contribution is -2.63. The van der Waals surface area contributed by atoms with E-state index in [0.717, 1.165) is 60.7 Å². The largest absolute Gasteiger partial charge is 0.508 e. The minimum absolute atomic E-state index is 0.304. The Balaban J connectivity index is 2.36. The number of halogens is 9. The fourth-order valence-electron chi connectivity index (χ4n) is 3.11. The molecule has 0 saturated heterocycles. The van der Waals surface area contributed by atoms with Gasteiger partial charge in [-0.25, -0.2) is 3.63 Å². The second-order valence-corrected chi connectivity index (χ2v) is 12.0. The van der Waals surface area contributed by atoms with Crippen LogP contribution >= 0.6 is 10.3 Å². The molecule has 0 saturated carbocycles. The van der Waals surface area contributed by atoms with Gasteiger partial charge in [-0.15, -0.1) is 0 Å². The first kappa shape index (κ1) is 29.4. The molecular weight excluding hydrogens is 579 g/mol. The van der Waals surface area contributed by atoms with Crippen LogP contribution in [0.4, 0.5) is 39.5 Å². The second-order valence-electron chi connectivity index (χ2n) is 7.54. The van der Waals surface area contributed by atoms with E-state index in [1.165, 1.54) is 18.2 Å². The smallest absolute Gasteiger partial charge is 0.460 e. The van der Waals surface area contributed by atoms with Gasteiger partial charge in [0.05, 0.1) is 0 Å². The Morgan fingerprint density at radius 1 is 0.553 bits per heavy atom. The summed E-state index contributed by atoms with van der Waals surface area (Å²) in [5.74, 6) is -15.8. The van der Waals surface area contributed by atoms with Crippen LogP contribution in [0.1, 0.15) is 0 Å². The molecule has 3 aromatic carbocycles. The molecule has 0 unspecified atom stereocenters. The molecule has 38 heavy (non-hydrogen) atoms. The lowest BCUT2D eigenvalue weighted by molar-refractivity contribution is -0.382. The standard InChI is InChI=1S/C22H15F9O5S2/c23-19(24,21(27,28)29)20(25,26)22(30,31)38(34,35)36-37(16-4-2-1-3-5-16,17-10-6-14(32)7-11-17)18-12-8-15(33)9-13-18/h1-13,32-33H. The van der Waals surface area contributed by atoms with E-state index >= 15 is 0 Å². The SMILES string of the molecule is O=S(=O)(OS(c1ccccc1)(c1ccc(O)cc1)c1ccc(O)cc1)C(F)(F)C(F)(F)C(F)(F)C(F)(F)F. The highest BCUT2D eigenvalue weighted by molar-refractivity contribution is 8.33. The highest BCUT2D eigenvalue weighted by Gasteiger charge is 2.86. The fraction of sp³-hybridized carbons (Fsp3) is 0.182. The maximum atomic E-state index is 14.7. The van der Waals surface area contributed by atoms with Gasteiger partial charge in [0.25, 0.3) is 0 Å². The zero-order valence-corrected chi connectivity index (χ0v) is 20.0. The second kappa shape index (κ2) is 9.57. The zero-order valence-electron chi connectivity index (χ0n) is 18.3. The van der Waals surface area contributed by atoms with Crippen molar-refractivity contribution in [2.24, 2.45) is 0 Å². The van der Waals surface area contributed by atoms with Crippen LogP contribution in [0.5, 0.6) is 11.5 Å². The molecule has 0 atom stereocenters. The zero-order chi connectivity index (χ0) is 28.8. The average Bonchev–Trinajstić information content (AvgIpc) is 2.83. The van der Waals surface area contributed by atoms with Crippen LogP contribution in [-0.4, -0.2) is 41.9 Å². The van der Waals surface area contributed by atoms with Crippen molar-refractivity contribution < 1.29 is 61.8 Å². The van der Waals surface area contributed by atoms with Crippen molar-refractivity contribution in [2.45, 2.75) is 38.0 Å². The lowest BCUT2D eigenvalue weighted by atomic mass is 10.1. The van der Waals surface area contributed by atoms with Crippen molar-refractivity contribution in [2.75, 3.05) is 0 Å². The number of hydrogen-bond donors (Lipinski definition) is 2. The number of phenols is 2. The monoisotopic (exact) mass is 594 g/mol. The quantitative estimate of drug-likeness (QED) is 0.273. The number of rotatable bonds is 8. The van der Waals surface area contributed by atoms with Gasteiger partial charge in [-0.1, -0.05) is 18.2 Å². The molecule has 3 aromatic rings. The van der Waals surface area contributed by atoms with Crippen LogP contribution in [0.25, 0.3) is 0 Å². The number of benzene rings is 3. The van der Waals surface area contributed by atoms with Crippen LogP contribution in [0.3, 0.4) is 0 Å². The highest BCUT2D eigenvalue weighted by Crippen LogP contribution is 2.71. The van der Waals surface area contributed by atoms with Gasteiger partial charge in [0.2, 0.25) is 0 Å². The van der Waals surface area contributed by atoms with Gasteiger partial charge < -0.3 is 10.2 Å². The first-order chi connectivity index (χ1) is 17.3. The van der Waals surface area contributed by atoms with E-state index in [1.54, 1.807) is 0 Å². The molecule has 0 amide bonds. The summed E-state index contributed by atoms with van der Waals surface area (Å²) in [7, 11) is -11.5. The molecule has 0 aliphatic heterocycles. The maximum absolute atomic E-state index is 14.7. The molecular formula is C22H15F9O5S2. The van der Waals surface area contributed by atoms with Gasteiger partial charge in [-0.05, 0) is 71.0 Å². The van der Waals surface area contributed by atoms with E-state index in [9.17, 15) is 58.1 Å². The topological polar surface area (TPSA) is 83.8 Å². The fourth-order valence-corrected chi connectivity index (χ4v) is 8.31. The number of alkyl halides is 9. The van der Waals surface area contributed by atoms with Crippen LogP contribution in [0, 0.1) is 0 Å². The van der Waals surface area contributed by atoms with E-state index in [1.807, 2.05) is 0 Å². The Bertz CT molecular complexity index is 1330. The molecule has 0 fully saturated rings. The molecule has 0 bridgehead atoms. The summed E-state index contributed by atoms with van der Waals surface area (Å²) < 4.78 is 153. The van der Waals surface area contributed by atoms with Crippen molar-refractivity contribution in [3.63, 3.8) is 0 Å². The Kier molecular flexibility index (Phi) is 7.42. The van der Waals surface area contributed by atoms with E-state index in [0.29, 0.717) is 0 Å². The summed E-state index contributed by atoms with van der Waals surface area (Å²) >= 11 is 0. The molecule has 0 aliphatic rings. The van der Waals surface area contributed by atoms with Gasteiger partial charge in [0, 0.05) is 14.7 Å². The Hall–Kier alpha value is -3.11. The summed E-state index contributed by atoms with van der Waals surface area (Å²) in [6, 6.07) is 13.6. The van der Waals surface area contributed by atoms with Gasteiger partial charge in [-0.2, -0.15) is 47.9 Å². The van der Waals surface area contributed by atoms with Crippen LogP contribution in [0.15, 0.2) is 93.5 Å². The van der Waals surface area contributed by atoms with Crippen LogP contribution in [0.2, 0.25) is 0 Å². The molecule has 0 radical (unpaired) electrons. The van der Waals surface area contributed by atoms with E-state index < -0.39 is 55.2 Å². The van der Waals surface area contributed by atoms with Crippen molar-refractivity contribution in [3.8, 4) is 11.5 Å². The predicted octanol–water partition coefficient (Wildman–Crippen LogP) is 7.07. The molecule has 16 heteroatoms. The molecule has 0 spiro atoms. The van der Waals surface area contributed by atoms with Crippen molar-refractivity contribution in [1.82, 2.24) is 0 Å². The number of phenolic OH excluding ortho intramolecular Hbond substituents is 2. The molecule has 3 rings (SSSR count). The summed E-state index contributed by atoms with van der Waals surface area (Å²) in [6.07, 6.45) is -7.26. The summed E-state index contributed by atoms with van der Waals surface area (Å²) in [5, 5.41) is 12.2. The third-order valence-corrected chi connectivity index (χ3v) is 10.3. The first-order valence-electron chi connectivity index (χ1n) is 9.93. The van der Waals surface area contributed by atoms with Gasteiger partial charge >= 0.3 is 33.4 Å². The molecule has 208 valence electrons. The van der Waals surface area contributed by atoms with Crippen molar-refractivity contribution in [3.05, 3.63) is 78.9 Å². The van der Waals surface area contributed by atoms with Gasteiger partial charge in [0.15, 0.2) is 0 Å². The van der Waals surface area contributed by atoms with Gasteiger partial charge in [0.1, 0.15) is 11.5 Å². The molecule has 5 nitrogen and oxygen atoms in total. The minimum Gasteiger partial charge on any atom is -0.508 e. The Morgan fingerprint density at radius 3 is 1.29 bits per heavy atom. The number of aromatic hydroxyl groups is 2. The summed E-state index contributed by atoms with van der Waals surface area (Å²) in [4.78, 5) is -1.06. The summed E-state index contributed by atoms with van der Waals surface area (Å²) in [6.45, 7) is 0. The Morgan fingerprint density at radius 2 is 0.921 bits per heavy atom. The normalized spacial score (nSPS) is 14.3. The first-order valence-corrected chi connectivity index (χ1v) is 12.9. The van der Waals surface area contributed by atoms with E-state index in [2.05, 4.69) is 3.63 Å². The lowest BCUT2D eigenvalue weighted by Gasteiger charge is -2.41. The number of hydrogen-bond acceptors (Lipinski definition) is 5. The predicted molar refractivity (Wildman–Crippen MR) is 116 cm³/mol. The molecule has 0 aliphatic carbocycles. The molecule has 0 aromatic heterocycles. The van der Waals surface area contributed by atoms with Crippen LogP contribution < -0.4 is 0 Å². The summed E-state index contributed by atoms with van der Waals surface area (Å²) in [5.41, 5.74) is 0. The van der Waals surface area contributed by atoms with E-state index in [-0.39, 0.29) is 14.7 Å².